The molecule has 1 unspecified atom stereocenters. The lowest BCUT2D eigenvalue weighted by Gasteiger charge is -2.30. The molecule has 2 aliphatic heterocycles. The molecule has 0 spiro atoms. The fraction of sp³-hybridized carbons (Fsp3) is 0.294. The lowest BCUT2D eigenvalue weighted by molar-refractivity contribution is -0.117. The number of alkyl halides is 2. The highest BCUT2D eigenvalue weighted by Gasteiger charge is 2.49. The Morgan fingerprint density at radius 3 is 3.09 bits per heavy atom. The predicted molar refractivity (Wildman–Crippen MR) is 84.7 cm³/mol. The van der Waals surface area contributed by atoms with Crippen LogP contribution in [0.4, 0.5) is 4.39 Å². The lowest BCUT2D eigenvalue weighted by Crippen LogP contribution is -2.33. The van der Waals surface area contributed by atoms with Crippen LogP contribution in [-0.2, 0) is 4.79 Å². The third-order valence-corrected chi connectivity index (χ3v) is 5.29. The van der Waals surface area contributed by atoms with Crippen molar-refractivity contribution in [3.05, 3.63) is 53.4 Å². The lowest BCUT2D eigenvalue weighted by atomic mass is 9.89. The highest BCUT2D eigenvalue weighted by atomic mass is 35.5. The van der Waals surface area contributed by atoms with Gasteiger partial charge < -0.3 is 9.88 Å². The number of allylic oxidation sites excluding steroid dienone is 2. The number of benzene rings is 1. The summed E-state index contributed by atoms with van der Waals surface area (Å²) < 4.78 is 17.1. The van der Waals surface area contributed by atoms with Crippen LogP contribution in [0.15, 0.2) is 47.6 Å². The number of amides is 1. The summed E-state index contributed by atoms with van der Waals surface area (Å²) in [5, 5.41) is 0.934. The van der Waals surface area contributed by atoms with Crippen LogP contribution in [0, 0.1) is 0 Å². The number of hydrogen-bond donors (Lipinski definition) is 1. The van der Waals surface area contributed by atoms with E-state index < -0.39 is 5.13 Å². The van der Waals surface area contributed by atoms with Crippen molar-refractivity contribution in [2.24, 2.45) is 0 Å². The van der Waals surface area contributed by atoms with Crippen LogP contribution in [0.3, 0.4) is 0 Å². The first-order chi connectivity index (χ1) is 11.1. The van der Waals surface area contributed by atoms with Crippen LogP contribution in [0.5, 0.6) is 0 Å². The molecule has 23 heavy (non-hydrogen) atoms. The summed E-state index contributed by atoms with van der Waals surface area (Å²) in [7, 11) is 0. The predicted octanol–water partition coefficient (Wildman–Crippen LogP) is 3.31. The molecular weight excluding hydrogens is 317 g/mol. The van der Waals surface area contributed by atoms with Gasteiger partial charge in [-0.15, -0.1) is 0 Å². The number of nitrogens with one attached hydrogen (secondary N) is 1. The van der Waals surface area contributed by atoms with Crippen LogP contribution >= 0.6 is 11.6 Å². The fourth-order valence-electron chi connectivity index (χ4n) is 4.02. The van der Waals surface area contributed by atoms with E-state index in [4.69, 9.17) is 11.6 Å². The molecule has 2 aromatic rings. The third kappa shape index (κ3) is 1.66. The van der Waals surface area contributed by atoms with Gasteiger partial charge in [0.15, 0.2) is 0 Å². The minimum absolute atomic E-state index is 0.0732. The van der Waals surface area contributed by atoms with E-state index >= 15 is 4.39 Å². The van der Waals surface area contributed by atoms with Crippen molar-refractivity contribution < 1.29 is 9.18 Å². The SMILES string of the molecule is O=C1N[C@@H]2C[C@H](C3=C1C=CCC3(F)Cl)n1c2nc2ccccc21. The van der Waals surface area contributed by atoms with Gasteiger partial charge in [0.25, 0.3) is 5.91 Å². The van der Waals surface area contributed by atoms with Crippen molar-refractivity contribution >= 4 is 28.5 Å². The molecule has 3 heterocycles. The second kappa shape index (κ2) is 4.23. The van der Waals surface area contributed by atoms with Crippen molar-refractivity contribution in [3.63, 3.8) is 0 Å². The Morgan fingerprint density at radius 2 is 2.22 bits per heavy atom. The van der Waals surface area contributed by atoms with Gasteiger partial charge in [0.1, 0.15) is 5.82 Å². The molecule has 2 bridgehead atoms. The maximum atomic E-state index is 15.1. The fourth-order valence-corrected chi connectivity index (χ4v) is 4.34. The van der Waals surface area contributed by atoms with Gasteiger partial charge in [-0.2, -0.15) is 0 Å². The summed E-state index contributed by atoms with van der Waals surface area (Å²) in [6.45, 7) is 0. The Hall–Kier alpha value is -2.14. The molecule has 3 atom stereocenters. The highest BCUT2D eigenvalue weighted by molar-refractivity contribution is 6.25. The zero-order chi connectivity index (χ0) is 15.8. The van der Waals surface area contributed by atoms with Gasteiger partial charge in [-0.1, -0.05) is 35.9 Å². The van der Waals surface area contributed by atoms with Crippen molar-refractivity contribution in [3.8, 4) is 0 Å². The van der Waals surface area contributed by atoms with Crippen LogP contribution in [-0.4, -0.2) is 20.6 Å². The van der Waals surface area contributed by atoms with Crippen molar-refractivity contribution in [2.45, 2.75) is 30.1 Å². The van der Waals surface area contributed by atoms with Crippen LogP contribution in [0.2, 0.25) is 0 Å². The van der Waals surface area contributed by atoms with E-state index in [1.807, 2.05) is 28.8 Å². The zero-order valence-corrected chi connectivity index (χ0v) is 12.8. The largest absolute Gasteiger partial charge is 0.342 e. The summed E-state index contributed by atoms with van der Waals surface area (Å²) in [6, 6.07) is 7.24. The number of rotatable bonds is 0. The second-order valence-corrected chi connectivity index (χ2v) is 6.84. The number of nitrogens with zero attached hydrogens (tertiary/aromatic N) is 2. The second-order valence-electron chi connectivity index (χ2n) is 6.24. The quantitative estimate of drug-likeness (QED) is 0.754. The van der Waals surface area contributed by atoms with E-state index in [0.29, 0.717) is 17.6 Å². The van der Waals surface area contributed by atoms with Crippen molar-refractivity contribution in [2.75, 3.05) is 0 Å². The standard InChI is InChI=1S/C17H13ClFN3O/c18-17(19)7-3-4-9-14(17)13-8-11(21-16(9)23)15-20-10-5-1-2-6-12(10)22(13)15/h1-6,11,13H,7-8H2,(H,21,23)/t11-,13-,17?/m1/s1. The average molecular weight is 330 g/mol. The first kappa shape index (κ1) is 13.3. The number of para-hydroxylation sites is 2. The smallest absolute Gasteiger partial charge is 0.252 e. The van der Waals surface area contributed by atoms with Crippen LogP contribution < -0.4 is 5.32 Å². The monoisotopic (exact) mass is 329 g/mol. The summed E-state index contributed by atoms with van der Waals surface area (Å²) in [5.74, 6) is 0.502. The van der Waals surface area contributed by atoms with E-state index in [2.05, 4.69) is 10.3 Å². The summed E-state index contributed by atoms with van der Waals surface area (Å²) in [5.41, 5.74) is 2.51. The third-order valence-electron chi connectivity index (χ3n) is 4.93. The van der Waals surface area contributed by atoms with Crippen molar-refractivity contribution in [1.82, 2.24) is 14.9 Å². The van der Waals surface area contributed by atoms with E-state index in [0.717, 1.165) is 16.9 Å². The van der Waals surface area contributed by atoms with Crippen molar-refractivity contribution in [1.29, 1.82) is 0 Å². The number of fused-ring (bicyclic) bond motifs is 8. The molecule has 5 rings (SSSR count). The van der Waals surface area contributed by atoms with E-state index in [9.17, 15) is 4.79 Å². The first-order valence-corrected chi connectivity index (χ1v) is 8.01. The highest BCUT2D eigenvalue weighted by Crippen LogP contribution is 2.51. The molecule has 6 heteroatoms. The van der Waals surface area contributed by atoms with E-state index in [-0.39, 0.29) is 24.4 Å². The molecule has 1 aromatic carbocycles. The zero-order valence-electron chi connectivity index (χ0n) is 12.1. The molecule has 1 aromatic heterocycles. The number of carbonyl (C=O) groups is 1. The van der Waals surface area contributed by atoms with Gasteiger partial charge in [-0.3, -0.25) is 4.79 Å². The van der Waals surface area contributed by atoms with Gasteiger partial charge in [0.05, 0.1) is 23.1 Å². The van der Waals surface area contributed by atoms with Crippen LogP contribution in [0.1, 0.15) is 30.7 Å². The maximum absolute atomic E-state index is 15.1. The topological polar surface area (TPSA) is 46.9 Å². The Labute approximate surface area is 136 Å². The van der Waals surface area contributed by atoms with Gasteiger partial charge in [-0.25, -0.2) is 9.37 Å². The Morgan fingerprint density at radius 1 is 1.39 bits per heavy atom. The number of hydrogen-bond acceptors (Lipinski definition) is 2. The molecule has 1 N–H and O–H groups in total. The molecule has 1 amide bonds. The molecule has 0 radical (unpaired) electrons. The average Bonchev–Trinajstić information content (AvgIpc) is 2.99. The Bertz CT molecular complexity index is 927. The molecule has 0 fully saturated rings. The Kier molecular flexibility index (Phi) is 2.45. The van der Waals surface area contributed by atoms with Gasteiger partial charge in [-0.05, 0) is 18.6 Å². The van der Waals surface area contributed by atoms with E-state index in [1.165, 1.54) is 0 Å². The number of imidazole rings is 1. The Balaban J connectivity index is 1.83. The molecule has 0 saturated heterocycles. The molecule has 116 valence electrons. The normalized spacial score (nSPS) is 31.8. The molecule has 3 aliphatic rings. The van der Waals surface area contributed by atoms with Gasteiger partial charge in [0, 0.05) is 17.6 Å². The number of aromatic nitrogens is 2. The molecule has 0 saturated carbocycles. The minimum atomic E-state index is -2.03. The molecular formula is C17H13ClFN3O. The van der Waals surface area contributed by atoms with Gasteiger partial charge in [0.2, 0.25) is 5.13 Å². The minimum Gasteiger partial charge on any atom is -0.342 e. The number of carbonyl (C=O) groups excluding carboxylic acids is 1. The summed E-state index contributed by atoms with van der Waals surface area (Å²) >= 11 is 6.17. The summed E-state index contributed by atoms with van der Waals surface area (Å²) in [6.07, 6.45) is 3.97. The maximum Gasteiger partial charge on any atom is 0.252 e. The number of halogens is 2. The van der Waals surface area contributed by atoms with Gasteiger partial charge >= 0.3 is 0 Å². The van der Waals surface area contributed by atoms with E-state index in [1.54, 1.807) is 12.2 Å². The van der Waals surface area contributed by atoms with Crippen LogP contribution in [0.25, 0.3) is 11.0 Å². The molecule has 1 aliphatic carbocycles. The molecule has 4 nitrogen and oxygen atoms in total. The summed E-state index contributed by atoms with van der Waals surface area (Å²) in [4.78, 5) is 17.1. The first-order valence-electron chi connectivity index (χ1n) is 7.63.